The van der Waals surface area contributed by atoms with Gasteiger partial charge in [-0.3, -0.25) is 0 Å². The third kappa shape index (κ3) is 2.88. The molecular weight excluding hydrogens is 319 g/mol. The summed E-state index contributed by atoms with van der Waals surface area (Å²) in [4.78, 5) is 4.52. The highest BCUT2D eigenvalue weighted by molar-refractivity contribution is 6.31. The van der Waals surface area contributed by atoms with Gasteiger partial charge >= 0.3 is 0 Å². The van der Waals surface area contributed by atoms with E-state index in [-0.39, 0.29) is 23.1 Å². The summed E-state index contributed by atoms with van der Waals surface area (Å²) in [5, 5.41) is 4.56. The van der Waals surface area contributed by atoms with Gasteiger partial charge in [-0.25, -0.2) is 4.39 Å². The van der Waals surface area contributed by atoms with Crippen LogP contribution in [0.1, 0.15) is 48.4 Å². The number of nitrogens with zero attached hydrogens (tertiary/aromatic N) is 2. The predicted molar refractivity (Wildman–Crippen MR) is 83.1 cm³/mol. The second kappa shape index (κ2) is 5.56. The maximum atomic E-state index is 14.0. The molecule has 0 spiro atoms. The lowest BCUT2D eigenvalue weighted by Crippen LogP contribution is -2.13. The minimum Gasteiger partial charge on any atom is -0.384 e. The van der Waals surface area contributed by atoms with Crippen molar-refractivity contribution >= 4 is 11.6 Å². The van der Waals surface area contributed by atoms with Crippen molar-refractivity contribution in [1.82, 2.24) is 10.1 Å². The van der Waals surface area contributed by atoms with E-state index in [2.05, 4.69) is 10.1 Å². The first-order chi connectivity index (χ1) is 11.1. The minimum atomic E-state index is -0.262. The second-order valence-corrected chi connectivity index (χ2v) is 7.15. The molecule has 2 aliphatic carbocycles. The molecule has 1 aromatic heterocycles. The Hall–Kier alpha value is -1.46. The molecule has 2 atom stereocenters. The summed E-state index contributed by atoms with van der Waals surface area (Å²) in [6, 6.07) is 4.78. The van der Waals surface area contributed by atoms with Gasteiger partial charge in [-0.1, -0.05) is 22.8 Å². The SMILES string of the molecule is COCC1(Cc2noc([C@@H]3C[C@H]3c3c(F)cccc3Cl)n2)CC1. The molecule has 0 saturated heterocycles. The van der Waals surface area contributed by atoms with Crippen molar-refractivity contribution < 1.29 is 13.7 Å². The van der Waals surface area contributed by atoms with Gasteiger partial charge < -0.3 is 9.26 Å². The molecule has 2 fully saturated rings. The van der Waals surface area contributed by atoms with Gasteiger partial charge in [0, 0.05) is 41.4 Å². The van der Waals surface area contributed by atoms with Gasteiger partial charge in [-0.15, -0.1) is 0 Å². The van der Waals surface area contributed by atoms with Crippen molar-refractivity contribution in [2.75, 3.05) is 13.7 Å². The van der Waals surface area contributed by atoms with E-state index in [0.29, 0.717) is 16.5 Å². The van der Waals surface area contributed by atoms with E-state index in [1.807, 2.05) is 0 Å². The van der Waals surface area contributed by atoms with Crippen molar-refractivity contribution in [3.63, 3.8) is 0 Å². The van der Waals surface area contributed by atoms with Gasteiger partial charge in [-0.05, 0) is 31.4 Å². The van der Waals surface area contributed by atoms with Gasteiger partial charge in [0.05, 0.1) is 6.61 Å². The number of benzene rings is 1. The van der Waals surface area contributed by atoms with Gasteiger partial charge in [0.2, 0.25) is 5.89 Å². The second-order valence-electron chi connectivity index (χ2n) is 6.74. The van der Waals surface area contributed by atoms with Crippen LogP contribution >= 0.6 is 11.6 Å². The van der Waals surface area contributed by atoms with Crippen LogP contribution in [0.4, 0.5) is 4.39 Å². The maximum absolute atomic E-state index is 14.0. The molecule has 2 aromatic rings. The average Bonchev–Trinajstić information content (AvgIpc) is 3.40. The standard InChI is InChI=1S/C17H18ClFN2O2/c1-22-9-17(5-6-17)8-14-20-16(23-21-14)11-7-10(11)15-12(18)3-2-4-13(15)19/h2-4,10-11H,5-9H2,1H3/t10-,11-/m1/s1. The molecule has 2 saturated carbocycles. The number of hydrogen-bond donors (Lipinski definition) is 0. The average molecular weight is 337 g/mol. The van der Waals surface area contributed by atoms with E-state index < -0.39 is 0 Å². The molecule has 0 aliphatic heterocycles. The quantitative estimate of drug-likeness (QED) is 0.796. The smallest absolute Gasteiger partial charge is 0.230 e. The molecule has 23 heavy (non-hydrogen) atoms. The molecule has 4 rings (SSSR count). The monoisotopic (exact) mass is 336 g/mol. The van der Waals surface area contributed by atoms with Crippen LogP contribution in [-0.4, -0.2) is 23.9 Å². The summed E-state index contributed by atoms with van der Waals surface area (Å²) in [6.45, 7) is 0.730. The summed E-state index contributed by atoms with van der Waals surface area (Å²) < 4.78 is 24.7. The Balaban J connectivity index is 1.47. The molecule has 2 aliphatic rings. The summed E-state index contributed by atoms with van der Waals surface area (Å²) in [5.74, 6) is 1.16. The first-order valence-electron chi connectivity index (χ1n) is 7.87. The van der Waals surface area contributed by atoms with Crippen LogP contribution in [0.15, 0.2) is 22.7 Å². The summed E-state index contributed by atoms with van der Waals surface area (Å²) in [5.41, 5.74) is 0.755. The number of methoxy groups -OCH3 is 1. The predicted octanol–water partition coefficient (Wildman–Crippen LogP) is 4.10. The number of ether oxygens (including phenoxy) is 1. The van der Waals surface area contributed by atoms with E-state index in [9.17, 15) is 4.39 Å². The minimum absolute atomic E-state index is 0.0332. The fraction of sp³-hybridized carbons (Fsp3) is 0.529. The molecule has 0 bridgehead atoms. The maximum Gasteiger partial charge on any atom is 0.230 e. The topological polar surface area (TPSA) is 48.2 Å². The largest absolute Gasteiger partial charge is 0.384 e. The molecule has 0 unspecified atom stereocenters. The Labute approximate surface area is 139 Å². The Morgan fingerprint density at radius 3 is 2.91 bits per heavy atom. The van der Waals surface area contributed by atoms with Crippen molar-refractivity contribution in [2.45, 2.75) is 37.5 Å². The molecule has 122 valence electrons. The van der Waals surface area contributed by atoms with Crippen LogP contribution in [0, 0.1) is 11.2 Å². The molecule has 1 aromatic carbocycles. The van der Waals surface area contributed by atoms with E-state index >= 15 is 0 Å². The van der Waals surface area contributed by atoms with Crippen LogP contribution in [0.2, 0.25) is 5.02 Å². The van der Waals surface area contributed by atoms with Crippen LogP contribution in [0.3, 0.4) is 0 Å². The van der Waals surface area contributed by atoms with Crippen molar-refractivity contribution in [3.05, 3.63) is 46.3 Å². The van der Waals surface area contributed by atoms with Crippen LogP contribution in [0.25, 0.3) is 0 Å². The van der Waals surface area contributed by atoms with Gasteiger partial charge in [0.1, 0.15) is 5.82 Å². The fourth-order valence-corrected chi connectivity index (χ4v) is 3.64. The molecule has 1 heterocycles. The molecular formula is C17H18ClFN2O2. The lowest BCUT2D eigenvalue weighted by Gasteiger charge is -2.09. The van der Waals surface area contributed by atoms with Crippen LogP contribution in [-0.2, 0) is 11.2 Å². The Morgan fingerprint density at radius 2 is 2.22 bits per heavy atom. The van der Waals surface area contributed by atoms with Crippen molar-refractivity contribution in [1.29, 1.82) is 0 Å². The molecule has 4 nitrogen and oxygen atoms in total. The summed E-state index contributed by atoms with van der Waals surface area (Å²) in [6.07, 6.45) is 3.86. The highest BCUT2D eigenvalue weighted by Crippen LogP contribution is 2.56. The zero-order chi connectivity index (χ0) is 16.0. The zero-order valence-electron chi connectivity index (χ0n) is 12.9. The van der Waals surface area contributed by atoms with E-state index in [0.717, 1.165) is 38.1 Å². The molecule has 0 amide bonds. The lowest BCUT2D eigenvalue weighted by atomic mass is 10.0. The third-order valence-corrected chi connectivity index (χ3v) is 5.23. The van der Waals surface area contributed by atoms with Gasteiger partial charge in [0.25, 0.3) is 0 Å². The Bertz CT molecular complexity index is 709. The van der Waals surface area contributed by atoms with Gasteiger partial charge in [-0.2, -0.15) is 4.98 Å². The summed E-state index contributed by atoms with van der Waals surface area (Å²) >= 11 is 6.13. The molecule has 0 N–H and O–H groups in total. The van der Waals surface area contributed by atoms with E-state index in [1.165, 1.54) is 6.07 Å². The van der Waals surface area contributed by atoms with Gasteiger partial charge in [0.15, 0.2) is 5.82 Å². The first kappa shape index (κ1) is 15.1. The summed E-state index contributed by atoms with van der Waals surface area (Å²) in [7, 11) is 1.72. The Kier molecular flexibility index (Phi) is 3.65. The normalized spacial score (nSPS) is 24.7. The van der Waals surface area contributed by atoms with E-state index in [4.69, 9.17) is 20.9 Å². The highest BCUT2D eigenvalue weighted by atomic mass is 35.5. The van der Waals surface area contributed by atoms with Crippen LogP contribution < -0.4 is 0 Å². The van der Waals surface area contributed by atoms with Crippen molar-refractivity contribution in [3.8, 4) is 0 Å². The lowest BCUT2D eigenvalue weighted by molar-refractivity contribution is 0.139. The third-order valence-electron chi connectivity index (χ3n) is 4.90. The highest BCUT2D eigenvalue weighted by Gasteiger charge is 2.47. The molecule has 0 radical (unpaired) electrons. The zero-order valence-corrected chi connectivity index (χ0v) is 13.6. The first-order valence-corrected chi connectivity index (χ1v) is 8.25. The Morgan fingerprint density at radius 1 is 1.39 bits per heavy atom. The van der Waals surface area contributed by atoms with Crippen LogP contribution in [0.5, 0.6) is 0 Å². The number of aromatic nitrogens is 2. The number of rotatable bonds is 6. The molecule has 6 heteroatoms. The van der Waals surface area contributed by atoms with E-state index in [1.54, 1.807) is 19.2 Å². The number of hydrogen-bond acceptors (Lipinski definition) is 4. The fourth-order valence-electron chi connectivity index (χ4n) is 3.33. The number of halogens is 2. The van der Waals surface area contributed by atoms with Crippen molar-refractivity contribution in [2.24, 2.45) is 5.41 Å².